The Bertz CT molecular complexity index is 1420. The van der Waals surface area contributed by atoms with Gasteiger partial charge in [-0.3, -0.25) is 0 Å². The monoisotopic (exact) mass is 621 g/mol. The number of methoxy groups -OCH3 is 1. The van der Waals surface area contributed by atoms with Gasteiger partial charge in [-0.25, -0.2) is 4.89 Å². The normalized spacial score (nSPS) is 40.0. The van der Waals surface area contributed by atoms with Crippen LogP contribution in [0.1, 0.15) is 48.8 Å². The van der Waals surface area contributed by atoms with Gasteiger partial charge in [-0.1, -0.05) is 24.3 Å². The highest BCUT2D eigenvalue weighted by atomic mass is 17.3. The van der Waals surface area contributed by atoms with Gasteiger partial charge < -0.3 is 39.4 Å². The molecule has 6 atom stereocenters. The van der Waals surface area contributed by atoms with Gasteiger partial charge in [0.2, 0.25) is 6.29 Å². The van der Waals surface area contributed by atoms with E-state index >= 15 is 0 Å². The van der Waals surface area contributed by atoms with Crippen LogP contribution in [0.5, 0.6) is 11.5 Å². The first-order chi connectivity index (χ1) is 21.8. The number of rotatable bonds is 9. The standard InChI is InChI=1S/C34H39NO10/c1-40-34(33(44-45-34)24-12-20-11-21(14-24)15-25(33)13-20)23-7-6-22(3-2-10-35)27(16-23)41-18-19-4-8-26(9-5-19)42-32-31(39)30(38)29(37)28(17-36)43-32/h2-9,16,20-21,24-25,28-32,36-39H,11-15,17-18H2,1H3/b3-2+/t20?,21?,24?,25?,28?,29-,30?,31?,32+,33?,34?/m0/s1. The molecule has 4 bridgehead atoms. The van der Waals surface area contributed by atoms with Gasteiger partial charge in [0.15, 0.2) is 5.60 Å². The fourth-order valence-electron chi connectivity index (χ4n) is 8.61. The highest BCUT2D eigenvalue weighted by Gasteiger charge is 2.76. The summed E-state index contributed by atoms with van der Waals surface area (Å²) in [6, 6.07) is 14.8. The van der Waals surface area contributed by atoms with Crippen LogP contribution >= 0.6 is 0 Å². The van der Waals surface area contributed by atoms with Gasteiger partial charge in [-0.05, 0) is 85.6 Å². The minimum Gasteiger partial charge on any atom is -0.488 e. The van der Waals surface area contributed by atoms with Crippen molar-refractivity contribution >= 4 is 6.08 Å². The van der Waals surface area contributed by atoms with Gasteiger partial charge in [0.25, 0.3) is 5.79 Å². The van der Waals surface area contributed by atoms with Gasteiger partial charge in [-0.15, -0.1) is 0 Å². The molecule has 4 unspecified atom stereocenters. The maximum absolute atomic E-state index is 10.3. The van der Waals surface area contributed by atoms with Crippen molar-refractivity contribution in [3.05, 3.63) is 65.2 Å². The second-order valence-electron chi connectivity index (χ2n) is 13.0. The lowest BCUT2D eigenvalue weighted by atomic mass is 9.47. The van der Waals surface area contributed by atoms with Gasteiger partial charge in [0.05, 0.1) is 12.7 Å². The smallest absolute Gasteiger partial charge is 0.260 e. The Kier molecular flexibility index (Phi) is 8.13. The summed E-state index contributed by atoms with van der Waals surface area (Å²) < 4.78 is 23.7. The lowest BCUT2D eigenvalue weighted by Crippen LogP contribution is -2.76. The van der Waals surface area contributed by atoms with Gasteiger partial charge in [-0.2, -0.15) is 10.1 Å². The minimum absolute atomic E-state index is 0.203. The number of hydrogen-bond acceptors (Lipinski definition) is 11. The number of aliphatic hydroxyl groups excluding tert-OH is 4. The molecule has 2 aromatic carbocycles. The van der Waals surface area contributed by atoms with E-state index in [-0.39, 0.29) is 6.61 Å². The lowest BCUT2D eigenvalue weighted by molar-refractivity contribution is -0.645. The average Bonchev–Trinajstić information content (AvgIpc) is 3.04. The van der Waals surface area contributed by atoms with Crippen molar-refractivity contribution in [2.45, 2.75) is 80.8 Å². The van der Waals surface area contributed by atoms with Crippen LogP contribution in [0.25, 0.3) is 6.08 Å². The van der Waals surface area contributed by atoms with Crippen LogP contribution in [0.3, 0.4) is 0 Å². The zero-order chi connectivity index (χ0) is 31.3. The number of benzene rings is 2. The molecule has 4 aliphatic carbocycles. The van der Waals surface area contributed by atoms with E-state index in [1.54, 1.807) is 37.5 Å². The van der Waals surface area contributed by atoms with Gasteiger partial charge in [0.1, 0.15) is 42.5 Å². The van der Waals surface area contributed by atoms with Gasteiger partial charge in [0, 0.05) is 24.3 Å². The Labute approximate surface area is 261 Å². The van der Waals surface area contributed by atoms with Crippen LogP contribution in [0.4, 0.5) is 0 Å². The molecule has 6 fully saturated rings. The summed E-state index contributed by atoms with van der Waals surface area (Å²) in [4.78, 5) is 12.1. The summed E-state index contributed by atoms with van der Waals surface area (Å²) in [5.41, 5.74) is 1.83. The Morgan fingerprint density at radius 2 is 1.64 bits per heavy atom. The molecule has 2 heterocycles. The largest absolute Gasteiger partial charge is 0.488 e. The predicted octanol–water partition coefficient (Wildman–Crippen LogP) is 2.94. The maximum atomic E-state index is 10.3. The van der Waals surface area contributed by atoms with E-state index in [2.05, 4.69) is 0 Å². The Morgan fingerprint density at radius 3 is 2.24 bits per heavy atom. The molecule has 4 saturated carbocycles. The SMILES string of the molecule is COC1(c2ccc(/C=C/C#N)c(OCc3ccc(O[C@@H]4OC(CO)[C@H](O)C(O)C4O)cc3)c2)OOC12C1CC3CC(C1)CC2C3. The van der Waals surface area contributed by atoms with Crippen molar-refractivity contribution in [1.29, 1.82) is 5.26 Å². The van der Waals surface area contributed by atoms with Crippen LogP contribution < -0.4 is 9.47 Å². The number of nitriles is 1. The van der Waals surface area contributed by atoms with E-state index in [0.717, 1.165) is 54.2 Å². The van der Waals surface area contributed by atoms with Crippen molar-refractivity contribution in [3.63, 3.8) is 0 Å². The molecule has 0 amide bonds. The van der Waals surface area contributed by atoms with E-state index in [1.807, 2.05) is 24.3 Å². The summed E-state index contributed by atoms with van der Waals surface area (Å²) in [5.74, 6) is 2.11. The van der Waals surface area contributed by atoms with Crippen LogP contribution in [0, 0.1) is 35.0 Å². The quantitative estimate of drug-likeness (QED) is 0.241. The molecule has 8 rings (SSSR count). The number of allylic oxidation sites excluding steroid dienone is 1. The van der Waals surface area contributed by atoms with E-state index in [0.29, 0.717) is 23.3 Å². The molecule has 45 heavy (non-hydrogen) atoms. The van der Waals surface area contributed by atoms with Crippen molar-refractivity contribution in [2.75, 3.05) is 13.7 Å². The third kappa shape index (κ3) is 4.96. The van der Waals surface area contributed by atoms with Crippen molar-refractivity contribution < 1.29 is 49.1 Å². The Hall–Kier alpha value is -3.05. The first kappa shape index (κ1) is 30.6. The second kappa shape index (κ2) is 12.0. The third-order valence-corrected chi connectivity index (χ3v) is 10.6. The first-order valence-corrected chi connectivity index (χ1v) is 15.6. The van der Waals surface area contributed by atoms with Gasteiger partial charge >= 0.3 is 0 Å². The van der Waals surface area contributed by atoms with Crippen molar-refractivity contribution in [1.82, 2.24) is 0 Å². The van der Waals surface area contributed by atoms with Crippen LogP contribution in [-0.2, 0) is 31.6 Å². The fourth-order valence-corrected chi connectivity index (χ4v) is 8.61. The van der Waals surface area contributed by atoms with Crippen molar-refractivity contribution in [2.24, 2.45) is 23.7 Å². The molecule has 11 heteroatoms. The second-order valence-corrected chi connectivity index (χ2v) is 13.0. The maximum Gasteiger partial charge on any atom is 0.260 e. The molecule has 240 valence electrons. The molecule has 4 N–H and O–H groups in total. The van der Waals surface area contributed by atoms with E-state index in [9.17, 15) is 25.7 Å². The molecule has 2 aliphatic heterocycles. The first-order valence-electron chi connectivity index (χ1n) is 15.6. The van der Waals surface area contributed by atoms with Crippen LogP contribution in [-0.4, -0.2) is 70.4 Å². The Balaban J connectivity index is 1.09. The van der Waals surface area contributed by atoms with Crippen molar-refractivity contribution in [3.8, 4) is 17.6 Å². The third-order valence-electron chi connectivity index (χ3n) is 10.6. The summed E-state index contributed by atoms with van der Waals surface area (Å²) in [7, 11) is 1.67. The number of ether oxygens (including phenoxy) is 4. The van der Waals surface area contributed by atoms with E-state index in [1.165, 1.54) is 12.5 Å². The average molecular weight is 622 g/mol. The molecule has 1 spiro atoms. The molecule has 0 radical (unpaired) electrons. The molecule has 11 nitrogen and oxygen atoms in total. The van der Waals surface area contributed by atoms with E-state index < -0.39 is 48.7 Å². The summed E-state index contributed by atoms with van der Waals surface area (Å²) in [6.45, 7) is -0.337. The zero-order valence-electron chi connectivity index (χ0n) is 25.0. The highest BCUT2D eigenvalue weighted by molar-refractivity contribution is 5.60. The molecular formula is C34H39NO10. The topological polar surface area (TPSA) is 160 Å². The number of nitrogens with zero attached hydrogens (tertiary/aromatic N) is 1. The molecule has 0 aromatic heterocycles. The minimum atomic E-state index is -1.53. The molecular weight excluding hydrogens is 582 g/mol. The molecule has 2 aromatic rings. The lowest BCUT2D eigenvalue weighted by Gasteiger charge is -2.68. The molecule has 2 saturated heterocycles. The summed E-state index contributed by atoms with van der Waals surface area (Å²) in [6.07, 6.45) is 2.11. The van der Waals surface area contributed by atoms with E-state index in [4.69, 9.17) is 28.7 Å². The Morgan fingerprint density at radius 1 is 0.933 bits per heavy atom. The molecule has 6 aliphatic rings. The number of aliphatic hydroxyl groups is 4. The zero-order valence-corrected chi connectivity index (χ0v) is 25.0. The predicted molar refractivity (Wildman–Crippen MR) is 157 cm³/mol. The van der Waals surface area contributed by atoms with Crippen LogP contribution in [0.15, 0.2) is 48.5 Å². The summed E-state index contributed by atoms with van der Waals surface area (Å²) in [5, 5.41) is 48.9. The number of hydrogen-bond donors (Lipinski definition) is 4. The fraction of sp³-hybridized carbons (Fsp3) is 0.559. The highest BCUT2D eigenvalue weighted by Crippen LogP contribution is 2.69. The van der Waals surface area contributed by atoms with Crippen LogP contribution in [0.2, 0.25) is 0 Å². The summed E-state index contributed by atoms with van der Waals surface area (Å²) >= 11 is 0.